The van der Waals surface area contributed by atoms with Gasteiger partial charge in [0.2, 0.25) is 11.8 Å². The van der Waals surface area contributed by atoms with Gasteiger partial charge in [0.25, 0.3) is 0 Å². The highest BCUT2D eigenvalue weighted by Crippen LogP contribution is 2.40. The molecule has 28 heavy (non-hydrogen) atoms. The van der Waals surface area contributed by atoms with Crippen molar-refractivity contribution in [2.75, 3.05) is 10.6 Å². The Labute approximate surface area is 158 Å². The minimum atomic E-state index is -4.50. The normalized spacial score (nSPS) is 18.3. The van der Waals surface area contributed by atoms with Crippen molar-refractivity contribution in [3.63, 3.8) is 0 Å². The van der Waals surface area contributed by atoms with Crippen LogP contribution >= 0.6 is 0 Å². The van der Waals surface area contributed by atoms with Gasteiger partial charge in [-0.1, -0.05) is 18.2 Å². The van der Waals surface area contributed by atoms with E-state index < -0.39 is 29.5 Å². The number of Topliss-reactive ketones (excluding diaryl/α,β-unsaturated/α-hetero) is 1. The van der Waals surface area contributed by atoms with E-state index in [9.17, 15) is 27.6 Å². The Bertz CT molecular complexity index is 940. The summed E-state index contributed by atoms with van der Waals surface area (Å²) in [7, 11) is 0. The second-order valence-corrected chi connectivity index (χ2v) is 6.64. The van der Waals surface area contributed by atoms with Crippen LogP contribution in [0.4, 0.5) is 24.5 Å². The second-order valence-electron chi connectivity index (χ2n) is 6.64. The number of halogens is 3. The number of ketones is 1. The summed E-state index contributed by atoms with van der Waals surface area (Å²) in [6.45, 7) is 1.41. The summed E-state index contributed by atoms with van der Waals surface area (Å²) in [4.78, 5) is 35.9. The molecule has 0 heterocycles. The van der Waals surface area contributed by atoms with Crippen molar-refractivity contribution in [2.24, 2.45) is 11.8 Å². The third-order valence-corrected chi connectivity index (χ3v) is 4.46. The van der Waals surface area contributed by atoms with Gasteiger partial charge in [-0.25, -0.2) is 0 Å². The lowest BCUT2D eigenvalue weighted by atomic mass is 10.1. The summed E-state index contributed by atoms with van der Waals surface area (Å²) in [6, 6.07) is 10.8. The predicted octanol–water partition coefficient (Wildman–Crippen LogP) is 4.12. The van der Waals surface area contributed by atoms with Crippen molar-refractivity contribution in [3.05, 3.63) is 59.7 Å². The van der Waals surface area contributed by atoms with Gasteiger partial charge < -0.3 is 10.6 Å². The Morgan fingerprint density at radius 2 is 1.43 bits per heavy atom. The van der Waals surface area contributed by atoms with Gasteiger partial charge in [0.05, 0.1) is 17.4 Å². The zero-order chi connectivity index (χ0) is 20.5. The molecule has 2 aromatic rings. The zero-order valence-electron chi connectivity index (χ0n) is 14.8. The first-order chi connectivity index (χ1) is 13.1. The van der Waals surface area contributed by atoms with Crippen LogP contribution in [0, 0.1) is 11.8 Å². The van der Waals surface area contributed by atoms with Crippen LogP contribution in [0.1, 0.15) is 29.3 Å². The Morgan fingerprint density at radius 3 is 1.96 bits per heavy atom. The Balaban J connectivity index is 1.59. The minimum Gasteiger partial charge on any atom is -0.326 e. The summed E-state index contributed by atoms with van der Waals surface area (Å²) >= 11 is 0. The van der Waals surface area contributed by atoms with Crippen molar-refractivity contribution in [1.82, 2.24) is 0 Å². The molecule has 2 atom stereocenters. The van der Waals surface area contributed by atoms with E-state index in [0.717, 1.165) is 12.1 Å². The molecule has 0 bridgehead atoms. The van der Waals surface area contributed by atoms with Crippen LogP contribution < -0.4 is 10.6 Å². The van der Waals surface area contributed by atoms with Gasteiger partial charge in [-0.2, -0.15) is 13.2 Å². The molecule has 1 aliphatic rings. The molecule has 2 unspecified atom stereocenters. The van der Waals surface area contributed by atoms with E-state index in [1.54, 1.807) is 24.3 Å². The molecule has 1 aliphatic carbocycles. The number of rotatable bonds is 5. The molecule has 0 radical (unpaired) electrons. The minimum absolute atomic E-state index is 0.0278. The van der Waals surface area contributed by atoms with Crippen LogP contribution in [-0.2, 0) is 15.8 Å². The summed E-state index contributed by atoms with van der Waals surface area (Å²) in [5.41, 5.74) is 0.0647. The molecule has 146 valence electrons. The smallest absolute Gasteiger partial charge is 0.326 e. The molecular formula is C20H17F3N2O3. The summed E-state index contributed by atoms with van der Waals surface area (Å²) < 4.78 is 38.2. The number of nitrogens with one attached hydrogen (secondary N) is 2. The molecule has 0 aromatic heterocycles. The number of carbonyl (C=O) groups excluding carboxylic acids is 3. The van der Waals surface area contributed by atoms with Crippen LogP contribution in [0.5, 0.6) is 0 Å². The summed E-state index contributed by atoms with van der Waals surface area (Å²) in [5.74, 6) is -2.18. The van der Waals surface area contributed by atoms with E-state index in [0.29, 0.717) is 17.7 Å². The van der Waals surface area contributed by atoms with Gasteiger partial charge in [-0.3, -0.25) is 14.4 Å². The number of hydrogen-bond acceptors (Lipinski definition) is 3. The molecule has 5 nitrogen and oxygen atoms in total. The van der Waals surface area contributed by atoms with E-state index in [1.807, 2.05) is 0 Å². The molecule has 0 spiro atoms. The van der Waals surface area contributed by atoms with Crippen molar-refractivity contribution in [2.45, 2.75) is 19.5 Å². The first-order valence-electron chi connectivity index (χ1n) is 8.55. The Morgan fingerprint density at radius 1 is 0.893 bits per heavy atom. The lowest BCUT2D eigenvalue weighted by Gasteiger charge is -2.10. The highest BCUT2D eigenvalue weighted by Gasteiger charge is 2.48. The third kappa shape index (κ3) is 4.57. The number of hydrogen-bond donors (Lipinski definition) is 2. The van der Waals surface area contributed by atoms with Gasteiger partial charge in [-0.15, -0.1) is 0 Å². The van der Waals surface area contributed by atoms with Crippen molar-refractivity contribution in [1.29, 1.82) is 0 Å². The molecule has 1 saturated carbocycles. The first-order valence-corrected chi connectivity index (χ1v) is 8.55. The van der Waals surface area contributed by atoms with Crippen molar-refractivity contribution < 1.29 is 27.6 Å². The average molecular weight is 390 g/mol. The monoisotopic (exact) mass is 390 g/mol. The maximum absolute atomic E-state index is 12.7. The topological polar surface area (TPSA) is 75.3 Å². The SMILES string of the molecule is CC(=O)c1cccc(NC(=O)C2CC2C(=O)Nc2cccc(C(F)(F)F)c2)c1. The van der Waals surface area contributed by atoms with Crippen molar-refractivity contribution >= 4 is 29.0 Å². The third-order valence-electron chi connectivity index (χ3n) is 4.46. The largest absolute Gasteiger partial charge is 0.416 e. The van der Waals surface area contributed by atoms with E-state index >= 15 is 0 Å². The number of carbonyl (C=O) groups is 3. The molecule has 1 fully saturated rings. The van der Waals surface area contributed by atoms with Crippen LogP contribution in [0.25, 0.3) is 0 Å². The van der Waals surface area contributed by atoms with Crippen molar-refractivity contribution in [3.8, 4) is 0 Å². The summed E-state index contributed by atoms with van der Waals surface area (Å²) in [6.07, 6.45) is -4.19. The van der Waals surface area contributed by atoms with Crippen LogP contribution in [0.15, 0.2) is 48.5 Å². The number of alkyl halides is 3. The van der Waals surface area contributed by atoms with Gasteiger partial charge in [0.1, 0.15) is 0 Å². The quantitative estimate of drug-likeness (QED) is 0.754. The lowest BCUT2D eigenvalue weighted by Crippen LogP contribution is -2.21. The highest BCUT2D eigenvalue weighted by molar-refractivity contribution is 6.04. The van der Waals surface area contributed by atoms with Crippen LogP contribution in [0.2, 0.25) is 0 Å². The zero-order valence-corrected chi connectivity index (χ0v) is 14.8. The number of benzene rings is 2. The van der Waals surface area contributed by atoms with Crippen LogP contribution in [0.3, 0.4) is 0 Å². The summed E-state index contributed by atoms with van der Waals surface area (Å²) in [5, 5.41) is 5.08. The Hall–Kier alpha value is -3.16. The lowest BCUT2D eigenvalue weighted by molar-refractivity contribution is -0.137. The molecule has 8 heteroatoms. The van der Waals surface area contributed by atoms with Gasteiger partial charge in [-0.05, 0) is 43.7 Å². The predicted molar refractivity (Wildman–Crippen MR) is 96.7 cm³/mol. The molecule has 2 N–H and O–H groups in total. The van der Waals surface area contributed by atoms with E-state index in [1.165, 1.54) is 19.1 Å². The number of amides is 2. The fourth-order valence-corrected chi connectivity index (χ4v) is 2.83. The molecule has 2 aromatic carbocycles. The molecular weight excluding hydrogens is 373 g/mol. The first kappa shape index (κ1) is 19.6. The Kier molecular flexibility index (Phi) is 5.22. The fraction of sp³-hybridized carbons (Fsp3) is 0.250. The molecule has 0 saturated heterocycles. The van der Waals surface area contributed by atoms with Gasteiger partial charge >= 0.3 is 6.18 Å². The van der Waals surface area contributed by atoms with Gasteiger partial charge in [0.15, 0.2) is 5.78 Å². The number of anilines is 2. The second kappa shape index (κ2) is 7.46. The molecule has 0 aliphatic heterocycles. The van der Waals surface area contributed by atoms with Gasteiger partial charge in [0, 0.05) is 16.9 Å². The van der Waals surface area contributed by atoms with E-state index in [2.05, 4.69) is 10.6 Å². The van der Waals surface area contributed by atoms with E-state index in [-0.39, 0.29) is 17.4 Å². The highest BCUT2D eigenvalue weighted by atomic mass is 19.4. The molecule has 3 rings (SSSR count). The standard InChI is InChI=1S/C20H17F3N2O3/c1-11(26)12-4-2-6-14(8-12)24-18(27)16-10-17(16)19(28)25-15-7-3-5-13(9-15)20(21,22)23/h2-9,16-17H,10H2,1H3,(H,24,27)(H,25,28). The fourth-order valence-electron chi connectivity index (χ4n) is 2.83. The van der Waals surface area contributed by atoms with E-state index in [4.69, 9.17) is 0 Å². The maximum Gasteiger partial charge on any atom is 0.416 e. The van der Waals surface area contributed by atoms with Crippen LogP contribution in [-0.4, -0.2) is 17.6 Å². The molecule has 2 amide bonds. The average Bonchev–Trinajstić information content (AvgIpc) is 3.42. The maximum atomic E-state index is 12.7.